The monoisotopic (exact) mass is 270 g/mol. The van der Waals surface area contributed by atoms with Crippen LogP contribution in [0.25, 0.3) is 0 Å². The van der Waals surface area contributed by atoms with Gasteiger partial charge in [0, 0.05) is 18.8 Å². The van der Waals surface area contributed by atoms with Crippen LogP contribution < -0.4 is 0 Å². The predicted octanol–water partition coefficient (Wildman–Crippen LogP) is 4.08. The third-order valence-electron chi connectivity index (χ3n) is 3.78. The molecule has 1 aromatic rings. The molecule has 20 heavy (non-hydrogen) atoms. The van der Waals surface area contributed by atoms with Crippen molar-refractivity contribution in [2.45, 2.75) is 45.7 Å². The summed E-state index contributed by atoms with van der Waals surface area (Å²) in [5, 5.41) is 0. The van der Waals surface area contributed by atoms with E-state index in [1.54, 1.807) is 0 Å². The Balaban J connectivity index is 1.80. The Bertz CT molecular complexity index is 444. The van der Waals surface area contributed by atoms with Gasteiger partial charge in [0.2, 0.25) is 0 Å². The molecule has 2 nitrogen and oxygen atoms in total. The zero-order valence-electron chi connectivity index (χ0n) is 12.8. The van der Waals surface area contributed by atoms with Gasteiger partial charge < -0.3 is 0 Å². The summed E-state index contributed by atoms with van der Waals surface area (Å²) in [4.78, 5) is 7.20. The molecule has 0 spiro atoms. The minimum Gasteiger partial charge on any atom is -0.295 e. The molecule has 1 atom stereocenters. The van der Waals surface area contributed by atoms with Crippen LogP contribution in [0.15, 0.2) is 47.0 Å². The first-order chi connectivity index (χ1) is 9.75. The van der Waals surface area contributed by atoms with E-state index in [0.29, 0.717) is 6.04 Å². The third-order valence-corrected chi connectivity index (χ3v) is 3.78. The van der Waals surface area contributed by atoms with Gasteiger partial charge in [-0.2, -0.15) is 0 Å². The molecule has 0 bridgehead atoms. The molecule has 0 saturated carbocycles. The highest BCUT2D eigenvalue weighted by Gasteiger charge is 2.21. The molecule has 1 aromatic carbocycles. The predicted molar refractivity (Wildman–Crippen MR) is 87.3 cm³/mol. The Kier molecular flexibility index (Phi) is 6.00. The number of hydrogen-bond acceptors (Lipinski definition) is 2. The van der Waals surface area contributed by atoms with E-state index in [1.807, 2.05) is 0 Å². The van der Waals surface area contributed by atoms with Crippen molar-refractivity contribution in [3.63, 3.8) is 0 Å². The number of rotatable bonds is 6. The van der Waals surface area contributed by atoms with Crippen molar-refractivity contribution in [3.05, 3.63) is 47.5 Å². The van der Waals surface area contributed by atoms with Crippen LogP contribution in [0.5, 0.6) is 0 Å². The molecular weight excluding hydrogens is 244 g/mol. The lowest BCUT2D eigenvalue weighted by Crippen LogP contribution is -2.31. The molecule has 0 amide bonds. The Morgan fingerprint density at radius 3 is 2.85 bits per heavy atom. The van der Waals surface area contributed by atoms with E-state index in [4.69, 9.17) is 0 Å². The van der Waals surface area contributed by atoms with Gasteiger partial charge in [-0.05, 0) is 45.2 Å². The minimum absolute atomic E-state index is 0.546. The summed E-state index contributed by atoms with van der Waals surface area (Å²) in [6, 6.07) is 11.0. The zero-order chi connectivity index (χ0) is 14.2. The highest BCUT2D eigenvalue weighted by molar-refractivity contribution is 5.64. The number of allylic oxidation sites excluding steroid dienone is 1. The van der Waals surface area contributed by atoms with Crippen molar-refractivity contribution in [3.8, 4) is 0 Å². The maximum Gasteiger partial charge on any atom is 0.0636 e. The van der Waals surface area contributed by atoms with Gasteiger partial charge in [-0.1, -0.05) is 42.0 Å². The van der Waals surface area contributed by atoms with Gasteiger partial charge in [0.1, 0.15) is 0 Å². The van der Waals surface area contributed by atoms with Gasteiger partial charge in [-0.25, -0.2) is 0 Å². The summed E-state index contributed by atoms with van der Waals surface area (Å²) in [5.74, 6) is 0. The Labute approximate surface area is 123 Å². The molecule has 0 radical (unpaired) electrons. The zero-order valence-corrected chi connectivity index (χ0v) is 12.8. The molecule has 1 fully saturated rings. The van der Waals surface area contributed by atoms with Crippen molar-refractivity contribution < 1.29 is 0 Å². The fourth-order valence-electron chi connectivity index (χ4n) is 2.68. The second-order valence-corrected chi connectivity index (χ2v) is 5.79. The smallest absolute Gasteiger partial charge is 0.0636 e. The van der Waals surface area contributed by atoms with E-state index < -0.39 is 0 Å². The standard InChI is InChI=1S/C18H26N2/c1-16(2)8-6-12-20-13-7-11-18(20)15-19-14-17-9-4-3-5-10-17/h3-5,8-10,15,18H,6-7,11-14H2,1-2H3. The highest BCUT2D eigenvalue weighted by atomic mass is 15.2. The second-order valence-electron chi connectivity index (χ2n) is 5.79. The van der Waals surface area contributed by atoms with Crippen LogP contribution in [0.3, 0.4) is 0 Å². The van der Waals surface area contributed by atoms with E-state index in [1.165, 1.54) is 30.5 Å². The fraction of sp³-hybridized carbons (Fsp3) is 0.500. The van der Waals surface area contributed by atoms with E-state index in [2.05, 4.69) is 66.4 Å². The van der Waals surface area contributed by atoms with Gasteiger partial charge in [-0.3, -0.25) is 9.89 Å². The molecule has 0 N–H and O–H groups in total. The van der Waals surface area contributed by atoms with Crippen molar-refractivity contribution in [1.29, 1.82) is 0 Å². The molecular formula is C18H26N2. The summed E-state index contributed by atoms with van der Waals surface area (Å²) in [5.41, 5.74) is 2.70. The quantitative estimate of drug-likeness (QED) is 0.562. The summed E-state index contributed by atoms with van der Waals surface area (Å²) in [6.45, 7) is 7.52. The average molecular weight is 270 g/mol. The Morgan fingerprint density at radius 1 is 1.30 bits per heavy atom. The van der Waals surface area contributed by atoms with Crippen LogP contribution in [0.2, 0.25) is 0 Å². The molecule has 2 rings (SSSR count). The van der Waals surface area contributed by atoms with E-state index in [9.17, 15) is 0 Å². The largest absolute Gasteiger partial charge is 0.295 e. The van der Waals surface area contributed by atoms with Gasteiger partial charge >= 0.3 is 0 Å². The lowest BCUT2D eigenvalue weighted by molar-refractivity contribution is 0.311. The lowest BCUT2D eigenvalue weighted by atomic mass is 10.2. The number of benzene rings is 1. The summed E-state index contributed by atoms with van der Waals surface area (Å²) in [7, 11) is 0. The number of nitrogens with zero attached hydrogens (tertiary/aromatic N) is 2. The number of hydrogen-bond donors (Lipinski definition) is 0. The molecule has 1 aliphatic heterocycles. The second kappa shape index (κ2) is 8.01. The summed E-state index contributed by atoms with van der Waals surface area (Å²) < 4.78 is 0. The van der Waals surface area contributed by atoms with Gasteiger partial charge in [0.15, 0.2) is 0 Å². The molecule has 108 valence electrons. The molecule has 1 unspecified atom stereocenters. The van der Waals surface area contributed by atoms with Crippen LogP contribution in [0, 0.1) is 0 Å². The molecule has 0 aliphatic carbocycles. The van der Waals surface area contributed by atoms with Crippen molar-refractivity contribution in [1.82, 2.24) is 4.90 Å². The highest BCUT2D eigenvalue weighted by Crippen LogP contribution is 2.16. The van der Waals surface area contributed by atoms with Gasteiger partial charge in [0.05, 0.1) is 6.54 Å². The molecule has 1 heterocycles. The van der Waals surface area contributed by atoms with Crippen LogP contribution >= 0.6 is 0 Å². The van der Waals surface area contributed by atoms with Crippen LogP contribution in [-0.2, 0) is 6.54 Å². The van der Waals surface area contributed by atoms with E-state index in [-0.39, 0.29) is 0 Å². The number of likely N-dealkylation sites (tertiary alicyclic amines) is 1. The number of aliphatic imine (C=N–C) groups is 1. The van der Waals surface area contributed by atoms with Crippen LogP contribution in [-0.4, -0.2) is 30.2 Å². The first-order valence-corrected chi connectivity index (χ1v) is 7.67. The minimum atomic E-state index is 0.546. The summed E-state index contributed by atoms with van der Waals surface area (Å²) in [6.07, 6.45) is 8.22. The van der Waals surface area contributed by atoms with Crippen molar-refractivity contribution in [2.24, 2.45) is 4.99 Å². The van der Waals surface area contributed by atoms with Crippen molar-refractivity contribution >= 4 is 6.21 Å². The maximum atomic E-state index is 4.63. The Morgan fingerprint density at radius 2 is 2.10 bits per heavy atom. The van der Waals surface area contributed by atoms with Crippen LogP contribution in [0.1, 0.15) is 38.7 Å². The first kappa shape index (κ1) is 15.0. The van der Waals surface area contributed by atoms with Crippen molar-refractivity contribution in [2.75, 3.05) is 13.1 Å². The molecule has 1 aliphatic rings. The normalized spacial score (nSPS) is 19.6. The topological polar surface area (TPSA) is 15.6 Å². The molecule has 1 saturated heterocycles. The average Bonchev–Trinajstić information content (AvgIpc) is 2.87. The SMILES string of the molecule is CC(C)=CCCN1CCCC1C=NCc1ccccc1. The fourth-order valence-corrected chi connectivity index (χ4v) is 2.68. The van der Waals surface area contributed by atoms with Gasteiger partial charge in [0.25, 0.3) is 0 Å². The lowest BCUT2D eigenvalue weighted by Gasteiger charge is -2.20. The summed E-state index contributed by atoms with van der Waals surface area (Å²) >= 11 is 0. The van der Waals surface area contributed by atoms with E-state index in [0.717, 1.165) is 19.5 Å². The maximum absolute atomic E-state index is 4.63. The first-order valence-electron chi connectivity index (χ1n) is 7.67. The van der Waals surface area contributed by atoms with Gasteiger partial charge in [-0.15, -0.1) is 0 Å². The molecule has 0 aromatic heterocycles. The third kappa shape index (κ3) is 4.93. The van der Waals surface area contributed by atoms with E-state index >= 15 is 0 Å². The Hall–Kier alpha value is -1.41. The molecule has 2 heteroatoms. The van der Waals surface area contributed by atoms with Crippen LogP contribution in [0.4, 0.5) is 0 Å².